The van der Waals surface area contributed by atoms with Crippen molar-refractivity contribution in [3.63, 3.8) is 0 Å². The second kappa shape index (κ2) is 5.51. The van der Waals surface area contributed by atoms with Gasteiger partial charge in [0.2, 0.25) is 0 Å². The Labute approximate surface area is 119 Å². The van der Waals surface area contributed by atoms with E-state index < -0.39 is 0 Å². The molecule has 1 N–H and O–H groups in total. The molecule has 18 heavy (non-hydrogen) atoms. The van der Waals surface area contributed by atoms with Crippen molar-refractivity contribution in [1.29, 1.82) is 5.26 Å². The lowest BCUT2D eigenvalue weighted by molar-refractivity contribution is 1.05. The molecule has 0 aliphatic carbocycles. The van der Waals surface area contributed by atoms with Gasteiger partial charge in [0, 0.05) is 9.35 Å². The summed E-state index contributed by atoms with van der Waals surface area (Å²) >= 11 is 4.97. The van der Waals surface area contributed by atoms with Crippen LogP contribution in [0.2, 0.25) is 0 Å². The second-order valence-corrected chi connectivity index (χ2v) is 5.92. The minimum Gasteiger partial charge on any atom is -0.330 e. The lowest BCUT2D eigenvalue weighted by Gasteiger charge is -2.04. The number of rotatable bonds is 3. The minimum atomic E-state index is 0.607. The predicted octanol–water partition coefficient (Wildman–Crippen LogP) is 4.39. The van der Waals surface area contributed by atoms with Gasteiger partial charge in [0.05, 0.1) is 16.9 Å². The van der Waals surface area contributed by atoms with Crippen LogP contribution in [-0.4, -0.2) is 4.98 Å². The molecule has 1 heterocycles. The highest BCUT2D eigenvalue weighted by atomic mass is 79.9. The summed E-state index contributed by atoms with van der Waals surface area (Å²) in [7, 11) is 0. The van der Waals surface area contributed by atoms with E-state index in [0.29, 0.717) is 5.56 Å². The average Bonchev–Trinajstić information content (AvgIpc) is 2.71. The summed E-state index contributed by atoms with van der Waals surface area (Å²) in [5.41, 5.74) is 2.51. The smallest absolute Gasteiger partial charge is 0.187 e. The molecule has 2 aromatic rings. The van der Waals surface area contributed by atoms with Crippen molar-refractivity contribution >= 4 is 38.1 Å². The topological polar surface area (TPSA) is 48.7 Å². The molecule has 0 bridgehead atoms. The fourth-order valence-electron chi connectivity index (χ4n) is 1.64. The molecule has 1 aromatic carbocycles. The standard InChI is InChI=1S/C13H12BrN3S/c1-3-11-8(2)18-13(16-11)17-12-5-4-10(14)6-9(12)7-15/h4-6H,3H2,1-2H3,(H,16,17). The Morgan fingerprint density at radius 3 is 2.89 bits per heavy atom. The molecular formula is C13H12BrN3S. The number of aryl methyl sites for hydroxylation is 2. The quantitative estimate of drug-likeness (QED) is 0.911. The van der Waals surface area contributed by atoms with Gasteiger partial charge in [0.25, 0.3) is 0 Å². The molecule has 0 saturated heterocycles. The number of halogens is 1. The maximum absolute atomic E-state index is 9.10. The molecule has 1 aromatic heterocycles. The summed E-state index contributed by atoms with van der Waals surface area (Å²) in [5, 5.41) is 13.1. The van der Waals surface area contributed by atoms with Crippen molar-refractivity contribution in [2.75, 3.05) is 5.32 Å². The van der Waals surface area contributed by atoms with E-state index in [4.69, 9.17) is 5.26 Å². The third-order valence-electron chi connectivity index (χ3n) is 2.57. The fourth-order valence-corrected chi connectivity index (χ4v) is 2.92. The summed E-state index contributed by atoms with van der Waals surface area (Å²) in [6.45, 7) is 4.15. The monoisotopic (exact) mass is 321 g/mol. The molecule has 0 amide bonds. The van der Waals surface area contributed by atoms with Gasteiger partial charge in [-0.2, -0.15) is 5.26 Å². The van der Waals surface area contributed by atoms with Crippen LogP contribution in [0.1, 0.15) is 23.1 Å². The highest BCUT2D eigenvalue weighted by molar-refractivity contribution is 9.10. The van der Waals surface area contributed by atoms with Crippen molar-refractivity contribution in [2.24, 2.45) is 0 Å². The van der Waals surface area contributed by atoms with Gasteiger partial charge in [-0.1, -0.05) is 22.9 Å². The van der Waals surface area contributed by atoms with Gasteiger partial charge in [0.15, 0.2) is 5.13 Å². The van der Waals surface area contributed by atoms with Crippen molar-refractivity contribution < 1.29 is 0 Å². The second-order valence-electron chi connectivity index (χ2n) is 3.80. The Balaban J connectivity index is 2.31. The number of benzene rings is 1. The van der Waals surface area contributed by atoms with E-state index in [0.717, 1.165) is 27.4 Å². The number of nitrogens with one attached hydrogen (secondary N) is 1. The Bertz CT molecular complexity index is 613. The Kier molecular flexibility index (Phi) is 4.00. The lowest BCUT2D eigenvalue weighted by Crippen LogP contribution is -1.93. The summed E-state index contributed by atoms with van der Waals surface area (Å²) in [4.78, 5) is 5.73. The van der Waals surface area contributed by atoms with Gasteiger partial charge in [-0.25, -0.2) is 4.98 Å². The summed E-state index contributed by atoms with van der Waals surface area (Å²) in [5.74, 6) is 0. The molecule has 0 fully saturated rings. The zero-order valence-electron chi connectivity index (χ0n) is 10.1. The molecule has 2 rings (SSSR count). The summed E-state index contributed by atoms with van der Waals surface area (Å²) in [6.07, 6.45) is 0.926. The number of aromatic nitrogens is 1. The van der Waals surface area contributed by atoms with E-state index in [1.165, 1.54) is 4.88 Å². The average molecular weight is 322 g/mol. The van der Waals surface area contributed by atoms with Crippen LogP contribution in [0.4, 0.5) is 10.8 Å². The van der Waals surface area contributed by atoms with Gasteiger partial charge in [-0.15, -0.1) is 11.3 Å². The summed E-state index contributed by atoms with van der Waals surface area (Å²) in [6, 6.07) is 7.76. The number of thiazole rings is 1. The first-order chi connectivity index (χ1) is 8.63. The Morgan fingerprint density at radius 1 is 1.50 bits per heavy atom. The number of hydrogen-bond donors (Lipinski definition) is 1. The predicted molar refractivity (Wildman–Crippen MR) is 78.4 cm³/mol. The number of hydrogen-bond acceptors (Lipinski definition) is 4. The molecule has 0 atom stereocenters. The molecule has 0 spiro atoms. The van der Waals surface area contributed by atoms with Crippen LogP contribution in [-0.2, 0) is 6.42 Å². The minimum absolute atomic E-state index is 0.607. The first-order valence-electron chi connectivity index (χ1n) is 5.57. The van der Waals surface area contributed by atoms with E-state index in [2.05, 4.69) is 46.1 Å². The molecule has 0 radical (unpaired) electrons. The van der Waals surface area contributed by atoms with Gasteiger partial charge in [0.1, 0.15) is 6.07 Å². The molecule has 0 aliphatic heterocycles. The van der Waals surface area contributed by atoms with Crippen LogP contribution < -0.4 is 5.32 Å². The third kappa shape index (κ3) is 2.71. The van der Waals surface area contributed by atoms with Crippen LogP contribution in [0.5, 0.6) is 0 Å². The van der Waals surface area contributed by atoms with Gasteiger partial charge in [-0.3, -0.25) is 0 Å². The molecule has 0 aliphatic rings. The first kappa shape index (κ1) is 13.1. The number of nitrogens with zero attached hydrogens (tertiary/aromatic N) is 2. The highest BCUT2D eigenvalue weighted by Gasteiger charge is 2.08. The van der Waals surface area contributed by atoms with E-state index in [1.54, 1.807) is 17.4 Å². The number of anilines is 2. The molecule has 5 heteroatoms. The van der Waals surface area contributed by atoms with Crippen molar-refractivity contribution in [3.8, 4) is 6.07 Å². The van der Waals surface area contributed by atoms with E-state index in [9.17, 15) is 0 Å². The van der Waals surface area contributed by atoms with Crippen LogP contribution in [0.3, 0.4) is 0 Å². The van der Waals surface area contributed by atoms with Crippen LogP contribution in [0.25, 0.3) is 0 Å². The SMILES string of the molecule is CCc1nc(Nc2ccc(Br)cc2C#N)sc1C. The zero-order chi connectivity index (χ0) is 13.1. The Hall–Kier alpha value is -1.38. The van der Waals surface area contributed by atoms with Crippen LogP contribution in [0, 0.1) is 18.3 Å². The van der Waals surface area contributed by atoms with Crippen LogP contribution >= 0.6 is 27.3 Å². The van der Waals surface area contributed by atoms with Crippen LogP contribution in [0.15, 0.2) is 22.7 Å². The van der Waals surface area contributed by atoms with Gasteiger partial charge < -0.3 is 5.32 Å². The Morgan fingerprint density at radius 2 is 2.28 bits per heavy atom. The maximum Gasteiger partial charge on any atom is 0.187 e. The van der Waals surface area contributed by atoms with Crippen molar-refractivity contribution in [3.05, 3.63) is 38.8 Å². The molecule has 3 nitrogen and oxygen atoms in total. The number of nitriles is 1. The van der Waals surface area contributed by atoms with Gasteiger partial charge >= 0.3 is 0 Å². The highest BCUT2D eigenvalue weighted by Crippen LogP contribution is 2.28. The molecule has 0 saturated carbocycles. The summed E-state index contributed by atoms with van der Waals surface area (Å²) < 4.78 is 0.897. The molecular weight excluding hydrogens is 310 g/mol. The van der Waals surface area contributed by atoms with Crippen molar-refractivity contribution in [1.82, 2.24) is 4.98 Å². The maximum atomic E-state index is 9.10. The van der Waals surface area contributed by atoms with Gasteiger partial charge in [-0.05, 0) is 31.5 Å². The molecule has 0 unspecified atom stereocenters. The van der Waals surface area contributed by atoms with E-state index in [-0.39, 0.29) is 0 Å². The first-order valence-corrected chi connectivity index (χ1v) is 7.18. The van der Waals surface area contributed by atoms with E-state index >= 15 is 0 Å². The third-order valence-corrected chi connectivity index (χ3v) is 3.99. The largest absolute Gasteiger partial charge is 0.330 e. The molecule has 92 valence electrons. The normalized spacial score (nSPS) is 10.1. The van der Waals surface area contributed by atoms with E-state index in [1.807, 2.05) is 12.1 Å². The zero-order valence-corrected chi connectivity index (χ0v) is 12.5. The lowest BCUT2D eigenvalue weighted by atomic mass is 10.2. The van der Waals surface area contributed by atoms with Crippen molar-refractivity contribution in [2.45, 2.75) is 20.3 Å². The fraction of sp³-hybridized carbons (Fsp3) is 0.231.